The molecule has 0 atom stereocenters. The molecule has 3 heteroatoms. The molecule has 0 fully saturated rings. The summed E-state index contributed by atoms with van der Waals surface area (Å²) >= 11 is 0. The minimum absolute atomic E-state index is 0.962. The van der Waals surface area contributed by atoms with E-state index < -0.39 is 0 Å². The Labute approximate surface area is 87.0 Å². The Kier molecular flexibility index (Phi) is 1.65. The van der Waals surface area contributed by atoms with E-state index >= 15 is 0 Å². The second-order valence-corrected chi connectivity index (χ2v) is 3.54. The Bertz CT molecular complexity index is 592. The molecule has 0 bridgehead atoms. The summed E-state index contributed by atoms with van der Waals surface area (Å²) in [5.74, 6) is 0. The van der Waals surface area contributed by atoms with Crippen molar-refractivity contribution in [2.24, 2.45) is 7.05 Å². The summed E-state index contributed by atoms with van der Waals surface area (Å²) in [5, 5.41) is 2.28. The van der Waals surface area contributed by atoms with Crippen molar-refractivity contribution in [3.63, 3.8) is 0 Å². The van der Waals surface area contributed by atoms with Gasteiger partial charge in [0.1, 0.15) is 12.4 Å². The first-order valence-corrected chi connectivity index (χ1v) is 4.85. The molecule has 0 saturated carbocycles. The first kappa shape index (κ1) is 8.29. The third-order valence-electron chi connectivity index (χ3n) is 2.58. The van der Waals surface area contributed by atoms with Crippen LogP contribution in [0.15, 0.2) is 42.7 Å². The van der Waals surface area contributed by atoms with E-state index in [1.165, 1.54) is 0 Å². The van der Waals surface area contributed by atoms with Crippen molar-refractivity contribution in [1.82, 2.24) is 9.97 Å². The number of nitrogens with zero attached hydrogens (tertiary/aromatic N) is 3. The van der Waals surface area contributed by atoms with Crippen molar-refractivity contribution < 1.29 is 4.57 Å². The lowest BCUT2D eigenvalue weighted by Crippen LogP contribution is -2.31. The second-order valence-electron chi connectivity index (χ2n) is 3.54. The molecule has 72 valence electrons. The molecule has 0 aliphatic heterocycles. The largest absolute Gasteiger partial charge is 0.269 e. The highest BCUT2D eigenvalue weighted by molar-refractivity contribution is 5.84. The first-order chi connectivity index (χ1) is 7.36. The number of aryl methyl sites for hydroxylation is 1. The maximum atomic E-state index is 4.35. The molecule has 3 nitrogen and oxygen atoms in total. The molecule has 0 aliphatic carbocycles. The molecule has 0 unspecified atom stereocenters. The van der Waals surface area contributed by atoms with E-state index in [1.54, 1.807) is 12.4 Å². The van der Waals surface area contributed by atoms with Gasteiger partial charge in [0.25, 0.3) is 11.3 Å². The molecule has 3 heterocycles. The highest BCUT2D eigenvalue weighted by Gasteiger charge is 2.09. The fraction of sp³-hybridized carbons (Fsp3) is 0.0833. The standard InChI is InChI=1S/C12H10N3/c1-15-11-9(4-2-6-13-11)8-10-5-3-7-14-12(10)15/h2-8H,1H3/q+1. The number of aromatic nitrogens is 3. The van der Waals surface area contributed by atoms with Crippen LogP contribution in [-0.4, -0.2) is 9.97 Å². The summed E-state index contributed by atoms with van der Waals surface area (Å²) in [4.78, 5) is 8.71. The van der Waals surface area contributed by atoms with Crippen molar-refractivity contribution in [3.05, 3.63) is 42.7 Å². The minimum Gasteiger partial charge on any atom is -0.229 e. The molecule has 0 spiro atoms. The predicted octanol–water partition coefficient (Wildman–Crippen LogP) is 1.61. The zero-order valence-corrected chi connectivity index (χ0v) is 8.38. The Morgan fingerprint density at radius 1 is 0.933 bits per heavy atom. The number of rotatable bonds is 0. The van der Waals surface area contributed by atoms with Crippen LogP contribution < -0.4 is 4.57 Å². The highest BCUT2D eigenvalue weighted by atomic mass is 15.0. The lowest BCUT2D eigenvalue weighted by atomic mass is 10.2. The minimum atomic E-state index is 0.962. The van der Waals surface area contributed by atoms with Gasteiger partial charge >= 0.3 is 0 Å². The number of pyridine rings is 3. The van der Waals surface area contributed by atoms with Crippen LogP contribution in [0.25, 0.3) is 22.1 Å². The van der Waals surface area contributed by atoms with Crippen LogP contribution >= 0.6 is 0 Å². The molecule has 0 N–H and O–H groups in total. The number of hydrogen-bond acceptors (Lipinski definition) is 2. The summed E-state index contributed by atoms with van der Waals surface area (Å²) in [5.41, 5.74) is 1.92. The normalized spacial score (nSPS) is 11.0. The van der Waals surface area contributed by atoms with Gasteiger partial charge < -0.3 is 0 Å². The second kappa shape index (κ2) is 2.98. The van der Waals surface area contributed by atoms with Crippen molar-refractivity contribution in [1.29, 1.82) is 0 Å². The SMILES string of the molecule is C[n+]1c2ncccc2cc2cccnc21. The van der Waals surface area contributed by atoms with Crippen LogP contribution in [0.3, 0.4) is 0 Å². The maximum absolute atomic E-state index is 4.35. The van der Waals surface area contributed by atoms with E-state index in [4.69, 9.17) is 0 Å². The van der Waals surface area contributed by atoms with E-state index in [2.05, 4.69) is 28.2 Å². The molecular formula is C12H10N3+. The van der Waals surface area contributed by atoms with Crippen molar-refractivity contribution in [2.45, 2.75) is 0 Å². The van der Waals surface area contributed by atoms with Crippen LogP contribution in [0.2, 0.25) is 0 Å². The third kappa shape index (κ3) is 1.16. The Balaban J connectivity index is 2.60. The quantitative estimate of drug-likeness (QED) is 0.404. The van der Waals surface area contributed by atoms with Crippen molar-refractivity contribution in [2.75, 3.05) is 0 Å². The number of hydrogen-bond donors (Lipinski definition) is 0. The molecule has 15 heavy (non-hydrogen) atoms. The topological polar surface area (TPSA) is 29.7 Å². The molecule has 0 saturated heterocycles. The predicted molar refractivity (Wildman–Crippen MR) is 58.2 cm³/mol. The molecule has 0 aliphatic rings. The van der Waals surface area contributed by atoms with Gasteiger partial charge in [0, 0.05) is 0 Å². The monoisotopic (exact) mass is 196 g/mol. The zero-order chi connectivity index (χ0) is 10.3. The Hall–Kier alpha value is -2.03. The van der Waals surface area contributed by atoms with Gasteiger partial charge in [-0.3, -0.25) is 0 Å². The average Bonchev–Trinajstić information content (AvgIpc) is 2.30. The first-order valence-electron chi connectivity index (χ1n) is 4.85. The summed E-state index contributed by atoms with van der Waals surface area (Å²) in [6, 6.07) is 10.1. The van der Waals surface area contributed by atoms with E-state index in [9.17, 15) is 0 Å². The molecule has 3 aromatic rings. The van der Waals surface area contributed by atoms with Crippen LogP contribution in [0.1, 0.15) is 0 Å². The lowest BCUT2D eigenvalue weighted by molar-refractivity contribution is -0.621. The van der Waals surface area contributed by atoms with Gasteiger partial charge in [-0.25, -0.2) is 4.57 Å². The van der Waals surface area contributed by atoms with Crippen LogP contribution in [0.5, 0.6) is 0 Å². The molecule has 0 aromatic carbocycles. The van der Waals surface area contributed by atoms with Crippen molar-refractivity contribution >= 4 is 22.1 Å². The molecule has 3 rings (SSSR count). The Morgan fingerprint density at radius 3 is 2.00 bits per heavy atom. The Morgan fingerprint density at radius 2 is 1.47 bits per heavy atom. The molecular weight excluding hydrogens is 186 g/mol. The lowest BCUT2D eigenvalue weighted by Gasteiger charge is -2.00. The van der Waals surface area contributed by atoms with Gasteiger partial charge in [0.2, 0.25) is 0 Å². The van der Waals surface area contributed by atoms with Crippen LogP contribution in [0, 0.1) is 0 Å². The fourth-order valence-corrected chi connectivity index (χ4v) is 1.87. The van der Waals surface area contributed by atoms with Gasteiger partial charge in [0.05, 0.1) is 17.8 Å². The summed E-state index contributed by atoms with van der Waals surface area (Å²) in [7, 11) is 1.99. The van der Waals surface area contributed by atoms with Gasteiger partial charge in [0.15, 0.2) is 0 Å². The number of fused-ring (bicyclic) bond motifs is 2. The van der Waals surface area contributed by atoms with E-state index in [0.29, 0.717) is 0 Å². The summed E-state index contributed by atoms with van der Waals surface area (Å²) in [6.45, 7) is 0. The molecule has 0 radical (unpaired) electrons. The maximum Gasteiger partial charge on any atom is 0.269 e. The van der Waals surface area contributed by atoms with Crippen LogP contribution in [0.4, 0.5) is 0 Å². The average molecular weight is 196 g/mol. The summed E-state index contributed by atoms with van der Waals surface area (Å²) < 4.78 is 2.02. The van der Waals surface area contributed by atoms with E-state index in [0.717, 1.165) is 22.1 Å². The molecule has 3 aromatic heterocycles. The third-order valence-corrected chi connectivity index (χ3v) is 2.58. The van der Waals surface area contributed by atoms with Crippen molar-refractivity contribution in [3.8, 4) is 0 Å². The highest BCUT2D eigenvalue weighted by Crippen LogP contribution is 2.13. The van der Waals surface area contributed by atoms with Gasteiger partial charge in [-0.05, 0) is 30.3 Å². The van der Waals surface area contributed by atoms with Gasteiger partial charge in [-0.1, -0.05) is 0 Å². The smallest absolute Gasteiger partial charge is 0.229 e. The van der Waals surface area contributed by atoms with Crippen LogP contribution in [-0.2, 0) is 7.05 Å². The van der Waals surface area contributed by atoms with Gasteiger partial charge in [-0.15, -0.1) is 9.97 Å². The molecule has 0 amide bonds. The van der Waals surface area contributed by atoms with Gasteiger partial charge in [-0.2, -0.15) is 0 Å². The zero-order valence-electron chi connectivity index (χ0n) is 8.38. The van der Waals surface area contributed by atoms with E-state index in [1.807, 2.05) is 23.7 Å². The summed E-state index contributed by atoms with van der Waals surface area (Å²) in [6.07, 6.45) is 3.61. The van der Waals surface area contributed by atoms with E-state index in [-0.39, 0.29) is 0 Å². The fourth-order valence-electron chi connectivity index (χ4n) is 1.87.